The number of aryl methyl sites for hydroxylation is 2. The summed E-state index contributed by atoms with van der Waals surface area (Å²) in [6.07, 6.45) is 14.4. The third-order valence-corrected chi connectivity index (χ3v) is 11.1. The van der Waals surface area contributed by atoms with Crippen molar-refractivity contribution >= 4 is 21.8 Å². The van der Waals surface area contributed by atoms with Crippen molar-refractivity contribution in [1.29, 1.82) is 0 Å². The van der Waals surface area contributed by atoms with Crippen LogP contribution in [0.15, 0.2) is 97.2 Å². The van der Waals surface area contributed by atoms with Crippen molar-refractivity contribution in [3.63, 3.8) is 0 Å². The molecule has 0 aliphatic heterocycles. The number of aromatic nitrogens is 4. The van der Waals surface area contributed by atoms with Crippen LogP contribution in [0.3, 0.4) is 0 Å². The number of ether oxygens (including phenoxy) is 1. The third kappa shape index (κ3) is 6.54. The summed E-state index contributed by atoms with van der Waals surface area (Å²) in [6, 6.07) is 39.4. The van der Waals surface area contributed by atoms with E-state index in [1.807, 2.05) is 18.3 Å². The van der Waals surface area contributed by atoms with Crippen LogP contribution in [0.4, 0.5) is 0 Å². The second kappa shape index (κ2) is 14.9. The van der Waals surface area contributed by atoms with E-state index < -0.39 is 0 Å². The molecule has 9 rings (SSSR count). The van der Waals surface area contributed by atoms with Gasteiger partial charge in [-0.3, -0.25) is 4.68 Å². The first-order chi connectivity index (χ1) is 25.1. The van der Waals surface area contributed by atoms with Gasteiger partial charge in [-0.05, 0) is 73.0 Å². The number of hydrogen-bond acceptors (Lipinski definition) is 3. The Morgan fingerprint density at radius 1 is 0.673 bits per heavy atom. The van der Waals surface area contributed by atoms with E-state index in [-0.39, 0.29) is 21.1 Å². The average molecular weight is 864 g/mol. The molecule has 0 spiro atoms. The van der Waals surface area contributed by atoms with Gasteiger partial charge in [-0.2, -0.15) is 16.7 Å². The van der Waals surface area contributed by atoms with Crippen molar-refractivity contribution in [2.45, 2.75) is 89.9 Å². The Morgan fingerprint density at radius 3 is 2.17 bits per heavy atom. The molecule has 5 nitrogen and oxygen atoms in total. The van der Waals surface area contributed by atoms with Gasteiger partial charge in [-0.15, -0.1) is 35.7 Å². The molecule has 52 heavy (non-hydrogen) atoms. The zero-order valence-corrected chi connectivity index (χ0v) is 32.2. The van der Waals surface area contributed by atoms with Gasteiger partial charge in [-0.25, -0.2) is 4.98 Å². The molecular formula is C46H44N4OPt. The van der Waals surface area contributed by atoms with E-state index in [0.717, 1.165) is 39.1 Å². The molecular weight excluding hydrogens is 820 g/mol. The number of hydrogen-bond donors (Lipinski definition) is 0. The van der Waals surface area contributed by atoms with Gasteiger partial charge in [0.05, 0.1) is 11.4 Å². The molecule has 0 amide bonds. The molecule has 3 aromatic heterocycles. The molecule has 264 valence electrons. The Morgan fingerprint density at radius 2 is 1.40 bits per heavy atom. The molecule has 0 radical (unpaired) electrons. The molecule has 0 unspecified atom stereocenters. The Hall–Kier alpha value is -4.47. The first-order valence-electron chi connectivity index (χ1n) is 18.9. The molecule has 0 N–H and O–H groups in total. The first-order valence-corrected chi connectivity index (χ1v) is 18.9. The van der Waals surface area contributed by atoms with Gasteiger partial charge < -0.3 is 9.30 Å². The largest absolute Gasteiger partial charge is 2.00 e. The predicted molar refractivity (Wildman–Crippen MR) is 206 cm³/mol. The van der Waals surface area contributed by atoms with Gasteiger partial charge in [0.25, 0.3) is 0 Å². The second-order valence-electron chi connectivity index (χ2n) is 14.7. The molecule has 2 aliphatic rings. The van der Waals surface area contributed by atoms with Crippen molar-refractivity contribution < 1.29 is 25.8 Å². The van der Waals surface area contributed by atoms with Crippen molar-refractivity contribution in [3.05, 3.63) is 132 Å². The van der Waals surface area contributed by atoms with Crippen molar-refractivity contribution in [2.24, 2.45) is 0 Å². The topological polar surface area (TPSA) is 44.9 Å². The fourth-order valence-electron chi connectivity index (χ4n) is 8.71. The molecule has 0 saturated heterocycles. The van der Waals surface area contributed by atoms with Gasteiger partial charge in [0.2, 0.25) is 0 Å². The molecule has 6 heteroatoms. The van der Waals surface area contributed by atoms with E-state index in [1.54, 1.807) is 0 Å². The van der Waals surface area contributed by atoms with E-state index in [1.165, 1.54) is 92.1 Å². The van der Waals surface area contributed by atoms with Crippen LogP contribution in [-0.2, 0) is 21.1 Å². The van der Waals surface area contributed by atoms with Crippen LogP contribution in [0.25, 0.3) is 44.4 Å². The summed E-state index contributed by atoms with van der Waals surface area (Å²) in [5, 5.41) is 7.86. The minimum atomic E-state index is 0. The Balaban J connectivity index is 0.00000387. The number of nitrogens with zero attached hydrogens (tertiary/aromatic N) is 4. The molecule has 4 aromatic carbocycles. The summed E-state index contributed by atoms with van der Waals surface area (Å²) in [7, 11) is 0. The van der Waals surface area contributed by atoms with Crippen molar-refractivity contribution in [2.75, 3.05) is 0 Å². The standard InChI is InChI=1S/C46H44N4O.Pt/c1-31-24-25-47-43(28-31)49-41-21-13-12-20-39(41)40-23-22-37(30-42(40)49)51-38-27-32(2)26-36(29-38)50-46(35-18-10-5-11-19-35)44(33-14-6-3-7-15-33)45(48-50)34-16-8-4-9-17-34;/h3,6-7,12-15,20-28,34-35H,4-5,8-11,16-19H2,1-2H3;/q-2;+2. The molecule has 0 bridgehead atoms. The van der Waals surface area contributed by atoms with Crippen molar-refractivity contribution in [3.8, 4) is 34.1 Å². The van der Waals surface area contributed by atoms with Crippen LogP contribution in [0.5, 0.6) is 11.5 Å². The van der Waals surface area contributed by atoms with E-state index in [2.05, 4.69) is 114 Å². The summed E-state index contributed by atoms with van der Waals surface area (Å²) < 4.78 is 11.1. The van der Waals surface area contributed by atoms with E-state index in [0.29, 0.717) is 23.3 Å². The van der Waals surface area contributed by atoms with E-state index in [9.17, 15) is 0 Å². The van der Waals surface area contributed by atoms with Crippen LogP contribution < -0.4 is 4.74 Å². The smallest absolute Gasteiger partial charge is 0.509 e. The molecule has 2 fully saturated rings. The van der Waals surface area contributed by atoms with Crippen molar-refractivity contribution in [1.82, 2.24) is 19.3 Å². The molecule has 2 saturated carbocycles. The van der Waals surface area contributed by atoms with Crippen LogP contribution in [0, 0.1) is 26.0 Å². The van der Waals surface area contributed by atoms with Gasteiger partial charge >= 0.3 is 21.1 Å². The zero-order chi connectivity index (χ0) is 34.3. The first kappa shape index (κ1) is 34.6. The van der Waals surface area contributed by atoms with E-state index in [4.69, 9.17) is 14.8 Å². The van der Waals surface area contributed by atoms with Crippen LogP contribution in [0.2, 0.25) is 0 Å². The number of rotatable bonds is 7. The Labute approximate surface area is 321 Å². The van der Waals surface area contributed by atoms with Gasteiger partial charge in [-0.1, -0.05) is 99.5 Å². The maximum absolute atomic E-state index is 6.68. The van der Waals surface area contributed by atoms with Gasteiger partial charge in [0.1, 0.15) is 5.82 Å². The number of para-hydroxylation sites is 1. The molecule has 7 aromatic rings. The maximum atomic E-state index is 6.68. The Kier molecular flexibility index (Phi) is 9.90. The third-order valence-electron chi connectivity index (χ3n) is 11.1. The quantitative estimate of drug-likeness (QED) is 0.150. The number of pyridine rings is 1. The summed E-state index contributed by atoms with van der Waals surface area (Å²) >= 11 is 0. The summed E-state index contributed by atoms with van der Waals surface area (Å²) in [6.45, 7) is 4.24. The van der Waals surface area contributed by atoms with Gasteiger partial charge in [0, 0.05) is 40.6 Å². The normalized spacial score (nSPS) is 15.6. The molecule has 0 atom stereocenters. The SMILES string of the molecule is Cc1cc(Oc2[c-]c3c(cc2)c2ccccc2n3-c2cc(C)ccn2)[c-]c(-n2nc(C3CCCCC3)c(-c3ccccc3)c2C2CCCCC2)c1.[Pt+2]. The minimum Gasteiger partial charge on any atom is -0.509 e. The predicted octanol–water partition coefficient (Wildman–Crippen LogP) is 12.1. The summed E-state index contributed by atoms with van der Waals surface area (Å²) in [4.78, 5) is 4.75. The second-order valence-corrected chi connectivity index (χ2v) is 14.7. The molecule has 3 heterocycles. The number of fused-ring (bicyclic) bond motifs is 3. The van der Waals surface area contributed by atoms with Crippen LogP contribution >= 0.6 is 0 Å². The number of benzene rings is 4. The molecule has 2 aliphatic carbocycles. The summed E-state index contributed by atoms with van der Waals surface area (Å²) in [5.41, 5.74) is 10.5. The van der Waals surface area contributed by atoms with Crippen LogP contribution in [-0.4, -0.2) is 19.3 Å². The minimum absolute atomic E-state index is 0. The van der Waals surface area contributed by atoms with Gasteiger partial charge in [0.15, 0.2) is 0 Å². The van der Waals surface area contributed by atoms with E-state index >= 15 is 0 Å². The Bertz CT molecular complexity index is 2340. The average Bonchev–Trinajstić information content (AvgIpc) is 3.73. The fraction of sp³-hybridized carbons (Fsp3) is 0.304. The monoisotopic (exact) mass is 863 g/mol. The maximum Gasteiger partial charge on any atom is 2.00 e. The fourth-order valence-corrected chi connectivity index (χ4v) is 8.71. The zero-order valence-electron chi connectivity index (χ0n) is 30.0. The summed E-state index contributed by atoms with van der Waals surface area (Å²) in [5.74, 6) is 3.13. The van der Waals surface area contributed by atoms with Crippen LogP contribution in [0.1, 0.15) is 98.6 Å².